The SMILES string of the molecule is Cc1cc(CNC(=O)/C=C/c2ccc(N3CCCC3=O)cc2)ccc1F. The highest BCUT2D eigenvalue weighted by atomic mass is 19.1. The van der Waals surface area contributed by atoms with Crippen LogP contribution in [0.25, 0.3) is 6.08 Å². The summed E-state index contributed by atoms with van der Waals surface area (Å²) in [6.45, 7) is 2.81. The number of anilines is 1. The highest BCUT2D eigenvalue weighted by Gasteiger charge is 2.21. The molecule has 1 saturated heterocycles. The summed E-state index contributed by atoms with van der Waals surface area (Å²) in [7, 11) is 0. The maximum atomic E-state index is 13.2. The topological polar surface area (TPSA) is 49.4 Å². The first kappa shape index (κ1) is 17.9. The van der Waals surface area contributed by atoms with Crippen LogP contribution in [0, 0.1) is 12.7 Å². The van der Waals surface area contributed by atoms with E-state index in [4.69, 9.17) is 0 Å². The van der Waals surface area contributed by atoms with Crippen molar-refractivity contribution < 1.29 is 14.0 Å². The van der Waals surface area contributed by atoms with Gasteiger partial charge in [-0.1, -0.05) is 24.3 Å². The molecule has 0 saturated carbocycles. The zero-order valence-corrected chi connectivity index (χ0v) is 14.7. The Labute approximate surface area is 152 Å². The molecular weight excluding hydrogens is 331 g/mol. The van der Waals surface area contributed by atoms with E-state index in [0.29, 0.717) is 18.5 Å². The third-order valence-corrected chi connectivity index (χ3v) is 4.39. The summed E-state index contributed by atoms with van der Waals surface area (Å²) < 4.78 is 13.2. The molecule has 1 aliphatic rings. The molecule has 1 fully saturated rings. The highest BCUT2D eigenvalue weighted by molar-refractivity contribution is 5.95. The van der Waals surface area contributed by atoms with Gasteiger partial charge in [0.05, 0.1) is 0 Å². The molecule has 1 aliphatic heterocycles. The fourth-order valence-corrected chi connectivity index (χ4v) is 2.92. The minimum atomic E-state index is -0.251. The maximum Gasteiger partial charge on any atom is 0.244 e. The zero-order chi connectivity index (χ0) is 18.5. The molecule has 3 rings (SSSR count). The van der Waals surface area contributed by atoms with Gasteiger partial charge in [-0.2, -0.15) is 0 Å². The second-order valence-electron chi connectivity index (χ2n) is 6.38. The van der Waals surface area contributed by atoms with E-state index in [-0.39, 0.29) is 17.6 Å². The number of nitrogens with one attached hydrogen (secondary N) is 1. The summed E-state index contributed by atoms with van der Waals surface area (Å²) in [4.78, 5) is 25.5. The standard InChI is InChI=1S/C21H21FN2O2/c1-15-13-17(6-10-19(15)22)14-23-20(25)11-7-16-4-8-18(9-5-16)24-12-2-3-21(24)26/h4-11,13H,2-3,12,14H2,1H3,(H,23,25)/b11-7+. The molecular formula is C21H21FN2O2. The monoisotopic (exact) mass is 352 g/mol. The number of hydrogen-bond acceptors (Lipinski definition) is 2. The second-order valence-corrected chi connectivity index (χ2v) is 6.38. The van der Waals surface area contributed by atoms with Gasteiger partial charge in [-0.25, -0.2) is 4.39 Å². The van der Waals surface area contributed by atoms with Crippen molar-refractivity contribution >= 4 is 23.6 Å². The molecule has 0 aromatic heterocycles. The molecule has 1 N–H and O–H groups in total. The van der Waals surface area contributed by atoms with Gasteiger partial charge in [0.15, 0.2) is 0 Å². The number of carbonyl (C=O) groups excluding carboxylic acids is 2. The van der Waals surface area contributed by atoms with Gasteiger partial charge >= 0.3 is 0 Å². The number of carbonyl (C=O) groups is 2. The van der Waals surface area contributed by atoms with Crippen molar-refractivity contribution in [1.29, 1.82) is 0 Å². The molecule has 1 heterocycles. The van der Waals surface area contributed by atoms with Crippen molar-refractivity contribution in [3.05, 3.63) is 71.0 Å². The van der Waals surface area contributed by atoms with Crippen LogP contribution < -0.4 is 10.2 Å². The number of benzene rings is 2. The van der Waals surface area contributed by atoms with Crippen LogP contribution in [0.2, 0.25) is 0 Å². The van der Waals surface area contributed by atoms with E-state index in [1.165, 1.54) is 12.1 Å². The quantitative estimate of drug-likeness (QED) is 0.836. The molecule has 0 atom stereocenters. The van der Waals surface area contributed by atoms with Gasteiger partial charge in [-0.05, 0) is 54.3 Å². The lowest BCUT2D eigenvalue weighted by molar-refractivity contribution is -0.117. The molecule has 0 spiro atoms. The minimum absolute atomic E-state index is 0.156. The van der Waals surface area contributed by atoms with Crippen molar-refractivity contribution in [1.82, 2.24) is 5.32 Å². The highest BCUT2D eigenvalue weighted by Crippen LogP contribution is 2.21. The zero-order valence-electron chi connectivity index (χ0n) is 14.7. The maximum absolute atomic E-state index is 13.2. The average Bonchev–Trinajstić information content (AvgIpc) is 3.07. The third kappa shape index (κ3) is 4.36. The Morgan fingerprint density at radius 2 is 2.00 bits per heavy atom. The predicted molar refractivity (Wildman–Crippen MR) is 100 cm³/mol. The molecule has 5 heteroatoms. The lowest BCUT2D eigenvalue weighted by Gasteiger charge is -2.15. The van der Waals surface area contributed by atoms with E-state index in [9.17, 15) is 14.0 Å². The summed E-state index contributed by atoms with van der Waals surface area (Å²) in [5.74, 6) is -0.312. The first-order valence-electron chi connectivity index (χ1n) is 8.64. The predicted octanol–water partition coefficient (Wildman–Crippen LogP) is 3.59. The molecule has 0 aliphatic carbocycles. The summed E-state index contributed by atoms with van der Waals surface area (Å²) in [6, 6.07) is 12.3. The van der Waals surface area contributed by atoms with Gasteiger partial charge in [-0.3, -0.25) is 9.59 Å². The van der Waals surface area contributed by atoms with Crippen molar-refractivity contribution in [3.8, 4) is 0 Å². The van der Waals surface area contributed by atoms with Crippen LogP contribution in [-0.4, -0.2) is 18.4 Å². The van der Waals surface area contributed by atoms with Gasteiger partial charge in [0.2, 0.25) is 11.8 Å². The van der Waals surface area contributed by atoms with Crippen LogP contribution in [0.1, 0.15) is 29.5 Å². The number of nitrogens with zero attached hydrogens (tertiary/aromatic N) is 1. The number of aryl methyl sites for hydroxylation is 1. The smallest absolute Gasteiger partial charge is 0.244 e. The van der Waals surface area contributed by atoms with E-state index < -0.39 is 0 Å². The normalized spacial score (nSPS) is 14.2. The van der Waals surface area contributed by atoms with E-state index in [1.807, 2.05) is 24.3 Å². The lowest BCUT2D eigenvalue weighted by Crippen LogP contribution is -2.23. The summed E-state index contributed by atoms with van der Waals surface area (Å²) in [5, 5.41) is 2.78. The molecule has 4 nitrogen and oxygen atoms in total. The molecule has 0 bridgehead atoms. The van der Waals surface area contributed by atoms with Crippen LogP contribution in [0.4, 0.5) is 10.1 Å². The fraction of sp³-hybridized carbons (Fsp3) is 0.238. The summed E-state index contributed by atoms with van der Waals surface area (Å²) in [6.07, 6.45) is 4.69. The van der Waals surface area contributed by atoms with E-state index in [1.54, 1.807) is 30.0 Å². The van der Waals surface area contributed by atoms with Gasteiger partial charge in [-0.15, -0.1) is 0 Å². The number of rotatable bonds is 5. The van der Waals surface area contributed by atoms with Crippen molar-refractivity contribution in [3.63, 3.8) is 0 Å². The molecule has 2 aromatic rings. The Morgan fingerprint density at radius 1 is 1.23 bits per heavy atom. The first-order valence-corrected chi connectivity index (χ1v) is 8.64. The largest absolute Gasteiger partial charge is 0.348 e. The van der Waals surface area contributed by atoms with Crippen LogP contribution in [0.3, 0.4) is 0 Å². The Hall–Kier alpha value is -2.95. The van der Waals surface area contributed by atoms with Crippen LogP contribution in [-0.2, 0) is 16.1 Å². The summed E-state index contributed by atoms with van der Waals surface area (Å²) in [5.41, 5.74) is 3.18. The van der Waals surface area contributed by atoms with Crippen molar-refractivity contribution in [2.24, 2.45) is 0 Å². The van der Waals surface area contributed by atoms with Gasteiger partial charge in [0.1, 0.15) is 5.82 Å². The van der Waals surface area contributed by atoms with Gasteiger partial charge < -0.3 is 10.2 Å². The minimum Gasteiger partial charge on any atom is -0.348 e. The number of hydrogen-bond donors (Lipinski definition) is 1. The summed E-state index contributed by atoms with van der Waals surface area (Å²) >= 11 is 0. The Kier molecular flexibility index (Phi) is 5.46. The lowest BCUT2D eigenvalue weighted by atomic mass is 10.1. The number of halogens is 1. The second kappa shape index (κ2) is 7.95. The van der Waals surface area contributed by atoms with E-state index >= 15 is 0 Å². The Bertz CT molecular complexity index is 844. The molecule has 0 radical (unpaired) electrons. The van der Waals surface area contributed by atoms with E-state index in [0.717, 1.165) is 29.8 Å². The molecule has 0 unspecified atom stereocenters. The van der Waals surface area contributed by atoms with Crippen LogP contribution in [0.15, 0.2) is 48.5 Å². The third-order valence-electron chi connectivity index (χ3n) is 4.39. The average molecular weight is 352 g/mol. The van der Waals surface area contributed by atoms with Crippen LogP contribution in [0.5, 0.6) is 0 Å². The Balaban J connectivity index is 1.54. The molecule has 134 valence electrons. The van der Waals surface area contributed by atoms with Crippen molar-refractivity contribution in [2.45, 2.75) is 26.3 Å². The van der Waals surface area contributed by atoms with Gasteiger partial charge in [0.25, 0.3) is 0 Å². The first-order chi connectivity index (χ1) is 12.5. The van der Waals surface area contributed by atoms with Gasteiger partial charge in [0, 0.05) is 31.3 Å². The number of amides is 2. The molecule has 2 amide bonds. The van der Waals surface area contributed by atoms with E-state index in [2.05, 4.69) is 5.32 Å². The Morgan fingerprint density at radius 3 is 2.65 bits per heavy atom. The molecule has 26 heavy (non-hydrogen) atoms. The van der Waals surface area contributed by atoms with Crippen molar-refractivity contribution in [2.75, 3.05) is 11.4 Å². The fourth-order valence-electron chi connectivity index (χ4n) is 2.92. The van der Waals surface area contributed by atoms with Crippen LogP contribution >= 0.6 is 0 Å². The molecule has 2 aromatic carbocycles.